The molecule has 0 saturated heterocycles. The molecule has 0 unspecified atom stereocenters. The van der Waals surface area contributed by atoms with Gasteiger partial charge in [-0.3, -0.25) is 4.79 Å². The molecular formula is C10H17N3O2S. The second kappa shape index (κ2) is 5.81. The van der Waals surface area contributed by atoms with Crippen LogP contribution in [0.5, 0.6) is 0 Å². The van der Waals surface area contributed by atoms with Crippen molar-refractivity contribution in [2.45, 2.75) is 19.9 Å². The van der Waals surface area contributed by atoms with Gasteiger partial charge in [0.15, 0.2) is 0 Å². The monoisotopic (exact) mass is 243 g/mol. The summed E-state index contributed by atoms with van der Waals surface area (Å²) in [5.41, 5.74) is 1.37. The molecule has 1 heterocycles. The van der Waals surface area contributed by atoms with E-state index >= 15 is 0 Å². The number of aryl methyl sites for hydroxylation is 1. The number of ether oxygens (including phenoxy) is 1. The Morgan fingerprint density at radius 1 is 1.62 bits per heavy atom. The summed E-state index contributed by atoms with van der Waals surface area (Å²) in [7, 11) is 3.39. The van der Waals surface area contributed by atoms with Crippen molar-refractivity contribution in [3.8, 4) is 0 Å². The molecule has 1 amide bonds. The number of carbonyl (C=O) groups is 1. The van der Waals surface area contributed by atoms with Gasteiger partial charge in [-0.15, -0.1) is 0 Å². The number of rotatable bonds is 5. The average molecular weight is 243 g/mol. The van der Waals surface area contributed by atoms with E-state index in [2.05, 4.69) is 15.0 Å². The quantitative estimate of drug-likeness (QED) is 0.817. The summed E-state index contributed by atoms with van der Waals surface area (Å²) in [5, 5.41) is 6.62. The third kappa shape index (κ3) is 2.93. The highest BCUT2D eigenvalue weighted by Gasteiger charge is 2.18. The maximum Gasteiger partial charge on any atom is 0.256 e. The standard InChI is InChI=1S/C10H17N3O2S/c1-6(5-15-4)12-9(14)8-7(2)13-16-10(8)11-3/h6,11H,5H2,1-4H3,(H,12,14)/t6-/m0/s1. The van der Waals surface area contributed by atoms with Gasteiger partial charge in [0, 0.05) is 20.2 Å². The zero-order valence-electron chi connectivity index (χ0n) is 9.96. The predicted octanol–water partition coefficient (Wildman–Crippen LogP) is 1.26. The summed E-state index contributed by atoms with van der Waals surface area (Å²) < 4.78 is 9.11. The van der Waals surface area contributed by atoms with Crippen LogP contribution in [-0.4, -0.2) is 37.1 Å². The van der Waals surface area contributed by atoms with Crippen molar-refractivity contribution < 1.29 is 9.53 Å². The summed E-state index contributed by atoms with van der Waals surface area (Å²) in [4.78, 5) is 12.0. The lowest BCUT2D eigenvalue weighted by atomic mass is 10.2. The maximum atomic E-state index is 12.0. The van der Waals surface area contributed by atoms with Crippen molar-refractivity contribution in [3.63, 3.8) is 0 Å². The fourth-order valence-electron chi connectivity index (χ4n) is 1.40. The Morgan fingerprint density at radius 2 is 2.31 bits per heavy atom. The fraction of sp³-hybridized carbons (Fsp3) is 0.600. The van der Waals surface area contributed by atoms with Crippen LogP contribution in [0.3, 0.4) is 0 Å². The maximum absolute atomic E-state index is 12.0. The minimum atomic E-state index is -0.111. The molecule has 0 spiro atoms. The summed E-state index contributed by atoms with van der Waals surface area (Å²) in [6, 6.07) is -0.0125. The van der Waals surface area contributed by atoms with E-state index in [0.717, 1.165) is 10.7 Å². The van der Waals surface area contributed by atoms with E-state index < -0.39 is 0 Å². The molecule has 1 aromatic heterocycles. The smallest absolute Gasteiger partial charge is 0.256 e. The first-order chi connectivity index (χ1) is 7.60. The molecule has 0 fully saturated rings. The number of carbonyl (C=O) groups excluding carboxylic acids is 1. The van der Waals surface area contributed by atoms with Crippen molar-refractivity contribution in [3.05, 3.63) is 11.3 Å². The first kappa shape index (κ1) is 12.9. The average Bonchev–Trinajstić information content (AvgIpc) is 2.59. The zero-order chi connectivity index (χ0) is 12.1. The molecule has 0 aliphatic rings. The van der Waals surface area contributed by atoms with Crippen LogP contribution in [0.1, 0.15) is 23.0 Å². The van der Waals surface area contributed by atoms with Gasteiger partial charge in [0.05, 0.1) is 17.9 Å². The summed E-state index contributed by atoms with van der Waals surface area (Å²) >= 11 is 1.29. The van der Waals surface area contributed by atoms with Crippen LogP contribution in [0.4, 0.5) is 5.00 Å². The molecule has 0 radical (unpaired) electrons. The Kier molecular flexibility index (Phi) is 4.70. The molecule has 16 heavy (non-hydrogen) atoms. The van der Waals surface area contributed by atoms with Crippen molar-refractivity contribution in [1.29, 1.82) is 0 Å². The second-order valence-electron chi connectivity index (χ2n) is 3.55. The van der Waals surface area contributed by atoms with Crippen LogP contribution in [0, 0.1) is 6.92 Å². The molecule has 2 N–H and O–H groups in total. The van der Waals surface area contributed by atoms with Gasteiger partial charge < -0.3 is 15.4 Å². The molecule has 6 heteroatoms. The lowest BCUT2D eigenvalue weighted by Crippen LogP contribution is -2.36. The number of anilines is 1. The molecule has 0 saturated carbocycles. The molecule has 0 aliphatic carbocycles. The first-order valence-corrected chi connectivity index (χ1v) is 5.81. The van der Waals surface area contributed by atoms with Crippen LogP contribution in [-0.2, 0) is 4.74 Å². The molecule has 5 nitrogen and oxygen atoms in total. The zero-order valence-corrected chi connectivity index (χ0v) is 10.8. The van der Waals surface area contributed by atoms with E-state index in [1.54, 1.807) is 14.2 Å². The Balaban J connectivity index is 2.75. The summed E-state index contributed by atoms with van der Waals surface area (Å²) in [5.74, 6) is -0.111. The van der Waals surface area contributed by atoms with E-state index in [9.17, 15) is 4.79 Å². The number of hydrogen-bond donors (Lipinski definition) is 2. The third-order valence-electron chi connectivity index (χ3n) is 2.11. The highest BCUT2D eigenvalue weighted by Crippen LogP contribution is 2.23. The van der Waals surface area contributed by atoms with Gasteiger partial charge >= 0.3 is 0 Å². The molecule has 1 rings (SSSR count). The number of nitrogens with zero attached hydrogens (tertiary/aromatic N) is 1. The topological polar surface area (TPSA) is 63.2 Å². The van der Waals surface area contributed by atoms with Crippen LogP contribution >= 0.6 is 11.5 Å². The minimum Gasteiger partial charge on any atom is -0.383 e. The molecule has 0 bridgehead atoms. The van der Waals surface area contributed by atoms with E-state index in [-0.39, 0.29) is 11.9 Å². The first-order valence-electron chi connectivity index (χ1n) is 5.04. The van der Waals surface area contributed by atoms with Crippen LogP contribution in [0.25, 0.3) is 0 Å². The van der Waals surface area contributed by atoms with Crippen LogP contribution in [0.15, 0.2) is 0 Å². The molecule has 0 aliphatic heterocycles. The molecule has 1 aromatic rings. The Hall–Kier alpha value is -1.14. The summed E-state index contributed by atoms with van der Waals surface area (Å²) in [6.45, 7) is 4.22. The number of hydrogen-bond acceptors (Lipinski definition) is 5. The predicted molar refractivity (Wildman–Crippen MR) is 65.2 cm³/mol. The van der Waals surface area contributed by atoms with E-state index in [1.165, 1.54) is 11.5 Å². The SMILES string of the molecule is CNc1snc(C)c1C(=O)N[C@@H](C)COC. The highest BCUT2D eigenvalue weighted by molar-refractivity contribution is 7.10. The third-order valence-corrected chi connectivity index (χ3v) is 3.07. The van der Waals surface area contributed by atoms with Crippen molar-refractivity contribution >= 4 is 22.4 Å². The van der Waals surface area contributed by atoms with Crippen molar-refractivity contribution in [1.82, 2.24) is 9.69 Å². The lowest BCUT2D eigenvalue weighted by Gasteiger charge is -2.13. The molecule has 0 aromatic carbocycles. The highest BCUT2D eigenvalue weighted by atomic mass is 32.1. The van der Waals surface area contributed by atoms with Crippen LogP contribution in [0.2, 0.25) is 0 Å². The number of nitrogens with one attached hydrogen (secondary N) is 2. The van der Waals surface area contributed by atoms with Gasteiger partial charge in [0.2, 0.25) is 0 Å². The molecule has 1 atom stereocenters. The van der Waals surface area contributed by atoms with E-state index in [0.29, 0.717) is 12.2 Å². The lowest BCUT2D eigenvalue weighted by molar-refractivity contribution is 0.0906. The number of amides is 1. The normalized spacial score (nSPS) is 12.2. The molecule has 90 valence electrons. The Labute approximate surface area is 99.4 Å². The second-order valence-corrected chi connectivity index (χ2v) is 4.33. The fourth-order valence-corrected chi connectivity index (χ4v) is 2.14. The van der Waals surface area contributed by atoms with Gasteiger partial charge in [-0.25, -0.2) is 0 Å². The summed E-state index contributed by atoms with van der Waals surface area (Å²) in [6.07, 6.45) is 0. The Bertz CT molecular complexity index is 365. The Morgan fingerprint density at radius 3 is 2.88 bits per heavy atom. The minimum absolute atomic E-state index is 0.0125. The largest absolute Gasteiger partial charge is 0.383 e. The number of methoxy groups -OCH3 is 1. The van der Waals surface area contributed by atoms with E-state index in [1.807, 2.05) is 13.8 Å². The van der Waals surface area contributed by atoms with Gasteiger partial charge in [0.1, 0.15) is 5.00 Å². The van der Waals surface area contributed by atoms with Gasteiger partial charge in [-0.2, -0.15) is 4.37 Å². The number of aromatic nitrogens is 1. The van der Waals surface area contributed by atoms with E-state index in [4.69, 9.17) is 4.74 Å². The van der Waals surface area contributed by atoms with Gasteiger partial charge in [-0.1, -0.05) is 0 Å². The van der Waals surface area contributed by atoms with Gasteiger partial charge in [-0.05, 0) is 25.4 Å². The van der Waals surface area contributed by atoms with Crippen LogP contribution < -0.4 is 10.6 Å². The van der Waals surface area contributed by atoms with Gasteiger partial charge in [0.25, 0.3) is 5.91 Å². The molecular weight excluding hydrogens is 226 g/mol. The van der Waals surface area contributed by atoms with Crippen molar-refractivity contribution in [2.75, 3.05) is 26.1 Å². The van der Waals surface area contributed by atoms with Crippen molar-refractivity contribution in [2.24, 2.45) is 0 Å².